The van der Waals surface area contributed by atoms with Gasteiger partial charge in [0.25, 0.3) is 0 Å². The number of amides is 2. The van der Waals surface area contributed by atoms with E-state index in [9.17, 15) is 4.79 Å². The second-order valence-corrected chi connectivity index (χ2v) is 4.63. The lowest BCUT2D eigenvalue weighted by Gasteiger charge is -2.33. The van der Waals surface area contributed by atoms with Crippen molar-refractivity contribution >= 4 is 6.03 Å². The fraction of sp³-hybridized carbons (Fsp3) is 0.923. The van der Waals surface area contributed by atoms with Gasteiger partial charge in [0.05, 0.1) is 0 Å². The van der Waals surface area contributed by atoms with Crippen molar-refractivity contribution in [2.24, 2.45) is 5.41 Å². The molecule has 0 rings (SSSR count). The Hall–Kier alpha value is -0.810. The Morgan fingerprint density at radius 1 is 0.833 bits per heavy atom. The molecule has 108 valence electrons. The minimum Gasteiger partial charge on any atom is -0.338 e. The predicted octanol–water partition coefficient (Wildman–Crippen LogP) is 0.921. The lowest BCUT2D eigenvalue weighted by molar-refractivity contribution is 0.217. The van der Waals surface area contributed by atoms with Crippen molar-refractivity contribution < 1.29 is 4.79 Å². The lowest BCUT2D eigenvalue weighted by Crippen LogP contribution is -2.51. The van der Waals surface area contributed by atoms with Crippen LogP contribution in [0.4, 0.5) is 4.79 Å². The molecular formula is C13H30N4O. The second-order valence-electron chi connectivity index (χ2n) is 4.63. The van der Waals surface area contributed by atoms with E-state index in [4.69, 9.17) is 0 Å². The van der Waals surface area contributed by atoms with Crippen LogP contribution < -0.4 is 21.3 Å². The summed E-state index contributed by atoms with van der Waals surface area (Å²) in [6.07, 6.45) is 1.03. The molecule has 0 fully saturated rings. The van der Waals surface area contributed by atoms with Crippen LogP contribution in [0.1, 0.15) is 34.1 Å². The number of carbonyl (C=O) groups excluding carboxylic acids is 1. The quantitative estimate of drug-likeness (QED) is 0.471. The van der Waals surface area contributed by atoms with Crippen molar-refractivity contribution in [3.63, 3.8) is 0 Å². The largest absolute Gasteiger partial charge is 0.338 e. The Labute approximate surface area is 111 Å². The molecule has 0 saturated carbocycles. The fourth-order valence-electron chi connectivity index (χ4n) is 1.83. The van der Waals surface area contributed by atoms with Gasteiger partial charge in [0.2, 0.25) is 0 Å². The van der Waals surface area contributed by atoms with Gasteiger partial charge in [-0.1, -0.05) is 20.8 Å². The third-order valence-corrected chi connectivity index (χ3v) is 3.21. The highest BCUT2D eigenvalue weighted by atomic mass is 16.2. The Kier molecular flexibility index (Phi) is 9.69. The van der Waals surface area contributed by atoms with Crippen LogP contribution in [0.2, 0.25) is 0 Å². The van der Waals surface area contributed by atoms with Gasteiger partial charge in [-0.2, -0.15) is 0 Å². The molecule has 2 amide bonds. The zero-order valence-corrected chi connectivity index (χ0v) is 12.4. The first kappa shape index (κ1) is 17.2. The van der Waals surface area contributed by atoms with E-state index in [1.54, 1.807) is 0 Å². The van der Waals surface area contributed by atoms with Crippen molar-refractivity contribution in [2.75, 3.05) is 39.3 Å². The number of hydrogen-bond donors (Lipinski definition) is 4. The summed E-state index contributed by atoms with van der Waals surface area (Å²) in [5.41, 5.74) is 0.0805. The number of rotatable bonds is 10. The van der Waals surface area contributed by atoms with E-state index in [0.717, 1.165) is 32.6 Å². The van der Waals surface area contributed by atoms with Crippen molar-refractivity contribution in [3.05, 3.63) is 0 Å². The van der Waals surface area contributed by atoms with Gasteiger partial charge in [-0.25, -0.2) is 4.79 Å². The summed E-state index contributed by atoms with van der Waals surface area (Å²) >= 11 is 0. The molecule has 0 unspecified atom stereocenters. The molecule has 5 heteroatoms. The van der Waals surface area contributed by atoms with Crippen LogP contribution >= 0.6 is 0 Å². The molecule has 0 bridgehead atoms. The molecule has 0 aromatic heterocycles. The summed E-state index contributed by atoms with van der Waals surface area (Å²) in [4.78, 5) is 11.5. The van der Waals surface area contributed by atoms with Gasteiger partial charge in [0.1, 0.15) is 0 Å². The summed E-state index contributed by atoms with van der Waals surface area (Å²) in [5, 5.41) is 12.5. The normalized spacial score (nSPS) is 11.3. The van der Waals surface area contributed by atoms with Gasteiger partial charge >= 0.3 is 6.03 Å². The van der Waals surface area contributed by atoms with Crippen LogP contribution in [0.25, 0.3) is 0 Å². The third-order valence-electron chi connectivity index (χ3n) is 3.21. The van der Waals surface area contributed by atoms with E-state index in [1.165, 1.54) is 0 Å². The first-order valence-electron chi connectivity index (χ1n) is 7.07. The summed E-state index contributed by atoms with van der Waals surface area (Å²) in [5.74, 6) is 0. The molecule has 0 atom stereocenters. The maximum Gasteiger partial charge on any atom is 0.314 e. The topological polar surface area (TPSA) is 65.2 Å². The van der Waals surface area contributed by atoms with Crippen molar-refractivity contribution in [2.45, 2.75) is 34.1 Å². The average molecular weight is 258 g/mol. The Morgan fingerprint density at radius 2 is 1.39 bits per heavy atom. The van der Waals surface area contributed by atoms with Gasteiger partial charge in [-0.3, -0.25) is 0 Å². The summed E-state index contributed by atoms with van der Waals surface area (Å²) in [6, 6.07) is -0.0803. The maximum absolute atomic E-state index is 11.5. The molecule has 4 N–H and O–H groups in total. The van der Waals surface area contributed by atoms with Crippen LogP contribution in [0.5, 0.6) is 0 Å². The maximum atomic E-state index is 11.5. The van der Waals surface area contributed by atoms with Crippen LogP contribution in [0.3, 0.4) is 0 Å². The lowest BCUT2D eigenvalue weighted by atomic mass is 9.84. The number of hydrogen-bond acceptors (Lipinski definition) is 3. The molecule has 0 heterocycles. The smallest absolute Gasteiger partial charge is 0.314 e. The number of urea groups is 1. The standard InChI is InChI=1S/C13H30N4O/c1-5-13(9-14-6-2,10-15-7-3)11-17-12(18)16-8-4/h14-15H,5-11H2,1-4H3,(H2,16,17,18). The molecule has 0 spiro atoms. The van der Waals surface area contributed by atoms with Crippen LogP contribution in [0.15, 0.2) is 0 Å². The van der Waals surface area contributed by atoms with E-state index in [0.29, 0.717) is 13.1 Å². The van der Waals surface area contributed by atoms with E-state index in [-0.39, 0.29) is 11.4 Å². The van der Waals surface area contributed by atoms with E-state index >= 15 is 0 Å². The molecular weight excluding hydrogens is 228 g/mol. The molecule has 5 nitrogen and oxygen atoms in total. The molecule has 18 heavy (non-hydrogen) atoms. The van der Waals surface area contributed by atoms with Gasteiger partial charge in [-0.05, 0) is 26.4 Å². The number of carbonyl (C=O) groups is 1. The summed E-state index contributed by atoms with van der Waals surface area (Å²) < 4.78 is 0. The molecule has 0 saturated heterocycles. The van der Waals surface area contributed by atoms with Crippen LogP contribution in [0, 0.1) is 5.41 Å². The van der Waals surface area contributed by atoms with E-state index < -0.39 is 0 Å². The Bertz CT molecular complexity index is 213. The molecule has 0 aromatic rings. The summed E-state index contributed by atoms with van der Waals surface area (Å²) in [6.45, 7) is 13.4. The van der Waals surface area contributed by atoms with Gasteiger partial charge in [0, 0.05) is 31.6 Å². The molecule has 0 aliphatic heterocycles. The molecule has 0 aromatic carbocycles. The number of nitrogens with one attached hydrogen (secondary N) is 4. The first-order chi connectivity index (χ1) is 8.64. The minimum absolute atomic E-state index is 0.0803. The average Bonchev–Trinajstić information content (AvgIpc) is 2.39. The molecule has 0 aliphatic rings. The van der Waals surface area contributed by atoms with Crippen LogP contribution in [-0.4, -0.2) is 45.3 Å². The van der Waals surface area contributed by atoms with Gasteiger partial charge in [0.15, 0.2) is 0 Å². The Balaban J connectivity index is 4.36. The van der Waals surface area contributed by atoms with Crippen molar-refractivity contribution in [1.82, 2.24) is 21.3 Å². The zero-order valence-electron chi connectivity index (χ0n) is 12.4. The highest BCUT2D eigenvalue weighted by molar-refractivity contribution is 5.73. The van der Waals surface area contributed by atoms with E-state index in [2.05, 4.69) is 42.0 Å². The van der Waals surface area contributed by atoms with Crippen molar-refractivity contribution in [1.29, 1.82) is 0 Å². The zero-order chi connectivity index (χ0) is 13.9. The molecule has 0 radical (unpaired) electrons. The summed E-state index contributed by atoms with van der Waals surface area (Å²) in [7, 11) is 0. The second kappa shape index (κ2) is 10.1. The first-order valence-corrected chi connectivity index (χ1v) is 7.07. The van der Waals surface area contributed by atoms with Crippen molar-refractivity contribution in [3.8, 4) is 0 Å². The highest BCUT2D eigenvalue weighted by Gasteiger charge is 2.27. The fourth-order valence-corrected chi connectivity index (χ4v) is 1.83. The Morgan fingerprint density at radius 3 is 1.78 bits per heavy atom. The predicted molar refractivity (Wildman–Crippen MR) is 76.9 cm³/mol. The molecule has 0 aliphatic carbocycles. The third kappa shape index (κ3) is 6.81. The monoisotopic (exact) mass is 258 g/mol. The highest BCUT2D eigenvalue weighted by Crippen LogP contribution is 2.19. The van der Waals surface area contributed by atoms with Gasteiger partial charge in [-0.15, -0.1) is 0 Å². The minimum atomic E-state index is -0.0803. The SMILES string of the molecule is CCNCC(CC)(CNCC)CNC(=O)NCC. The van der Waals surface area contributed by atoms with Gasteiger partial charge < -0.3 is 21.3 Å². The van der Waals surface area contributed by atoms with Crippen LogP contribution in [-0.2, 0) is 0 Å². The van der Waals surface area contributed by atoms with E-state index in [1.807, 2.05) is 6.92 Å².